The SMILES string of the molecule is C.C.C.C.C1CCNC1.C1CCNCC1.CC1=CC(C)NC1.CN1CCNCC1.COC.c1ccc(N2CCNCC2)cc1.c1ccc(N2CCNCC2)cc1. The molecular weight excluding hydrogens is 695 g/mol. The van der Waals surface area contributed by atoms with E-state index in [0.717, 1.165) is 72.0 Å². The molecule has 1 unspecified atom stereocenters. The Morgan fingerprint density at radius 3 is 1.04 bits per heavy atom. The number of piperazine rings is 3. The quantitative estimate of drug-likeness (QED) is 0.188. The Hall–Kier alpha value is -2.54. The molecule has 5 fully saturated rings. The molecule has 6 N–H and O–H groups in total. The maximum absolute atomic E-state index is 4.25. The molecule has 0 bridgehead atoms. The maximum Gasteiger partial charge on any atom is 0.0367 e. The minimum absolute atomic E-state index is 0. The molecule has 6 aliphatic rings. The van der Waals surface area contributed by atoms with E-state index in [1.54, 1.807) is 14.2 Å². The van der Waals surface area contributed by atoms with Gasteiger partial charge in [-0.25, -0.2) is 0 Å². The van der Waals surface area contributed by atoms with Gasteiger partial charge in [0.2, 0.25) is 0 Å². The first kappa shape index (κ1) is 57.8. The first-order valence-electron chi connectivity index (χ1n) is 20.2. The van der Waals surface area contributed by atoms with Crippen molar-refractivity contribution in [2.45, 2.75) is 81.7 Å². The predicted molar refractivity (Wildman–Crippen MR) is 253 cm³/mol. The summed E-state index contributed by atoms with van der Waals surface area (Å²) in [4.78, 5) is 7.16. The third-order valence-electron chi connectivity index (χ3n) is 9.22. The lowest BCUT2D eigenvalue weighted by Crippen LogP contribution is -2.43. The van der Waals surface area contributed by atoms with Crippen molar-refractivity contribution in [3.8, 4) is 0 Å². The summed E-state index contributed by atoms with van der Waals surface area (Å²) in [7, 11) is 5.40. The number of piperidine rings is 1. The topological polar surface area (TPSA) is 91.1 Å². The second kappa shape index (κ2) is 40.6. The van der Waals surface area contributed by atoms with Crippen molar-refractivity contribution in [1.29, 1.82) is 0 Å². The van der Waals surface area contributed by atoms with Gasteiger partial charge in [-0.1, -0.05) is 84.2 Å². The van der Waals surface area contributed by atoms with E-state index < -0.39 is 0 Å². The van der Waals surface area contributed by atoms with Crippen molar-refractivity contribution >= 4 is 11.4 Å². The fourth-order valence-electron chi connectivity index (χ4n) is 6.19. The van der Waals surface area contributed by atoms with Gasteiger partial charge in [-0.3, -0.25) is 0 Å². The Kier molecular flexibility index (Phi) is 41.9. The Labute approximate surface area is 348 Å². The van der Waals surface area contributed by atoms with Crippen LogP contribution in [0.15, 0.2) is 72.3 Å². The third-order valence-corrected chi connectivity index (χ3v) is 9.22. The number of nitrogens with zero attached hydrogens (tertiary/aromatic N) is 3. The van der Waals surface area contributed by atoms with Gasteiger partial charge in [0.1, 0.15) is 0 Å². The summed E-state index contributed by atoms with van der Waals surface area (Å²) in [6.45, 7) is 24.1. The molecule has 2 aromatic carbocycles. The van der Waals surface area contributed by atoms with E-state index >= 15 is 0 Å². The monoisotopic (exact) mass is 788 g/mol. The fraction of sp³-hybridized carbons (Fsp3) is 0.696. The Bertz CT molecular complexity index is 994. The molecule has 0 saturated carbocycles. The Morgan fingerprint density at radius 1 is 0.500 bits per heavy atom. The average molecular weight is 788 g/mol. The zero-order valence-corrected chi connectivity index (χ0v) is 33.7. The van der Waals surface area contributed by atoms with Crippen LogP contribution in [0.25, 0.3) is 0 Å². The molecule has 1 atom stereocenters. The highest BCUT2D eigenvalue weighted by Gasteiger charge is 2.10. The zero-order chi connectivity index (χ0) is 37.3. The molecule has 0 aliphatic carbocycles. The van der Waals surface area contributed by atoms with E-state index in [4.69, 9.17) is 0 Å². The maximum atomic E-state index is 4.25. The van der Waals surface area contributed by atoms with Gasteiger partial charge in [-0.05, 0) is 97.0 Å². The van der Waals surface area contributed by atoms with Gasteiger partial charge in [-0.2, -0.15) is 0 Å². The number of hydrogen-bond donors (Lipinski definition) is 6. The smallest absolute Gasteiger partial charge is 0.0367 e. The van der Waals surface area contributed by atoms with Crippen molar-refractivity contribution in [2.24, 2.45) is 0 Å². The number of benzene rings is 2. The lowest BCUT2D eigenvalue weighted by Gasteiger charge is -2.29. The van der Waals surface area contributed by atoms with Crippen LogP contribution < -0.4 is 41.7 Å². The van der Waals surface area contributed by atoms with Gasteiger partial charge in [-0.15, -0.1) is 0 Å². The van der Waals surface area contributed by atoms with Crippen LogP contribution in [0, 0.1) is 0 Å². The minimum Gasteiger partial charge on any atom is -0.388 e. The molecule has 10 nitrogen and oxygen atoms in total. The second-order valence-electron chi connectivity index (χ2n) is 14.1. The van der Waals surface area contributed by atoms with Crippen molar-refractivity contribution in [3.05, 3.63) is 72.3 Å². The summed E-state index contributed by atoms with van der Waals surface area (Å²) >= 11 is 0. The number of nitrogens with one attached hydrogen (secondary N) is 6. The molecule has 6 heterocycles. The number of rotatable bonds is 2. The molecule has 0 amide bonds. The number of anilines is 2. The van der Waals surface area contributed by atoms with Crippen LogP contribution in [0.5, 0.6) is 0 Å². The van der Waals surface area contributed by atoms with Crippen molar-refractivity contribution in [1.82, 2.24) is 36.8 Å². The highest BCUT2D eigenvalue weighted by atomic mass is 16.4. The van der Waals surface area contributed by atoms with Crippen LogP contribution in [0.1, 0.15) is 75.7 Å². The second-order valence-corrected chi connectivity index (χ2v) is 14.1. The van der Waals surface area contributed by atoms with E-state index in [1.165, 1.54) is 88.3 Å². The predicted octanol–water partition coefficient (Wildman–Crippen LogP) is 6.57. The van der Waals surface area contributed by atoms with Crippen molar-refractivity contribution in [2.75, 3.05) is 142 Å². The van der Waals surface area contributed by atoms with Gasteiger partial charge in [0.15, 0.2) is 0 Å². The highest BCUT2D eigenvalue weighted by Crippen LogP contribution is 2.13. The molecule has 6 aliphatic heterocycles. The van der Waals surface area contributed by atoms with Crippen LogP contribution in [0.2, 0.25) is 0 Å². The summed E-state index contributed by atoms with van der Waals surface area (Å²) in [6.07, 6.45) is 9.24. The van der Waals surface area contributed by atoms with Crippen molar-refractivity contribution < 1.29 is 4.74 Å². The summed E-state index contributed by atoms with van der Waals surface area (Å²) in [5.41, 5.74) is 4.16. The Balaban J connectivity index is -0.000000600. The van der Waals surface area contributed by atoms with E-state index in [-0.39, 0.29) is 29.7 Å². The first-order valence-corrected chi connectivity index (χ1v) is 20.2. The lowest BCUT2D eigenvalue weighted by molar-refractivity contribution is 0.277. The summed E-state index contributed by atoms with van der Waals surface area (Å²) in [5, 5.41) is 19.7. The number of hydrogen-bond acceptors (Lipinski definition) is 10. The standard InChI is InChI=1S/2C10H14N2.C6H11N.C5H12N2.C5H11N.C4H9N.C2H6O.4CH4/c2*1-2-4-10(5-3-1)12-8-6-11-7-9-12;1-5-3-6(2)7-4-5;1-7-4-2-6-3-5-7;1-2-4-6-5-3-1;1-2-4-5-3-1;1-3-2;;;;/h2*1-5,11H,6-9H2;3,6-7H,4H2,1-2H3;6H,2-5H2,1H3;6H,1-5H2;5H,1-4H2;1-2H3;4*1H4. The minimum atomic E-state index is 0. The molecule has 2 aromatic rings. The van der Waals surface area contributed by atoms with Crippen molar-refractivity contribution in [3.63, 3.8) is 0 Å². The molecule has 5 saturated heterocycles. The number of ether oxygens (including phenoxy) is 1. The molecule has 0 aromatic heterocycles. The molecule has 8 rings (SSSR count). The average Bonchev–Trinajstić information content (AvgIpc) is 3.94. The summed E-state index contributed by atoms with van der Waals surface area (Å²) < 4.78 is 4.25. The van der Waals surface area contributed by atoms with Crippen LogP contribution in [-0.4, -0.2) is 143 Å². The molecular formula is C46H93N9O. The van der Waals surface area contributed by atoms with E-state index in [2.05, 4.69) is 139 Å². The van der Waals surface area contributed by atoms with Crippen LogP contribution in [0.3, 0.4) is 0 Å². The number of likely N-dealkylation sites (N-methyl/N-ethyl adjacent to an activating group) is 1. The van der Waals surface area contributed by atoms with Crippen LogP contribution >= 0.6 is 0 Å². The zero-order valence-electron chi connectivity index (χ0n) is 33.7. The highest BCUT2D eigenvalue weighted by molar-refractivity contribution is 5.47. The molecule has 0 spiro atoms. The number of para-hydroxylation sites is 2. The molecule has 328 valence electrons. The fourth-order valence-corrected chi connectivity index (χ4v) is 6.19. The molecule has 10 heteroatoms. The lowest BCUT2D eigenvalue weighted by atomic mass is 10.2. The molecule has 0 radical (unpaired) electrons. The van der Waals surface area contributed by atoms with Gasteiger partial charge >= 0.3 is 0 Å². The Morgan fingerprint density at radius 2 is 0.821 bits per heavy atom. The largest absolute Gasteiger partial charge is 0.388 e. The van der Waals surface area contributed by atoms with Gasteiger partial charge in [0, 0.05) is 117 Å². The van der Waals surface area contributed by atoms with Gasteiger partial charge in [0.25, 0.3) is 0 Å². The molecule has 56 heavy (non-hydrogen) atoms. The van der Waals surface area contributed by atoms with Gasteiger partial charge < -0.3 is 51.3 Å². The first-order chi connectivity index (χ1) is 25.5. The van der Waals surface area contributed by atoms with Crippen LogP contribution in [-0.2, 0) is 4.74 Å². The van der Waals surface area contributed by atoms with E-state index in [9.17, 15) is 0 Å². The van der Waals surface area contributed by atoms with E-state index in [1.807, 2.05) is 0 Å². The normalized spacial score (nSPS) is 19.7. The van der Waals surface area contributed by atoms with Gasteiger partial charge in [0.05, 0.1) is 0 Å². The number of methoxy groups -OCH3 is 1. The van der Waals surface area contributed by atoms with Crippen LogP contribution in [0.4, 0.5) is 11.4 Å². The van der Waals surface area contributed by atoms with E-state index in [0.29, 0.717) is 6.04 Å². The third kappa shape index (κ3) is 30.6. The summed E-state index contributed by atoms with van der Waals surface area (Å²) in [6, 6.07) is 21.8. The summed E-state index contributed by atoms with van der Waals surface area (Å²) in [5.74, 6) is 0.